The fourth-order valence-corrected chi connectivity index (χ4v) is 2.54. The monoisotopic (exact) mass is 525 g/mol. The Hall–Kier alpha value is -2.76. The number of carbonyl (C=O) groups is 2. The number of alkyl halides is 12. The zero-order valence-electron chi connectivity index (χ0n) is 15.8. The van der Waals surface area contributed by atoms with Gasteiger partial charge in [0.1, 0.15) is 0 Å². The van der Waals surface area contributed by atoms with E-state index in [9.17, 15) is 72.5 Å². The second-order valence-corrected chi connectivity index (χ2v) is 6.65. The van der Waals surface area contributed by atoms with Crippen LogP contribution in [0.2, 0.25) is 0 Å². The van der Waals surface area contributed by atoms with Gasteiger partial charge in [-0.25, -0.2) is 0 Å². The molecule has 1 aromatic rings. The van der Waals surface area contributed by atoms with E-state index in [1.807, 2.05) is 0 Å². The number of rotatable bonds is 6. The third kappa shape index (κ3) is 5.31. The van der Waals surface area contributed by atoms with Crippen molar-refractivity contribution in [2.75, 3.05) is 5.32 Å². The second kappa shape index (κ2) is 8.79. The molecule has 0 radical (unpaired) electrons. The zero-order chi connectivity index (χ0) is 27.1. The molecule has 0 saturated carbocycles. The number of carboxylic acid groups (broad SMARTS) is 1. The number of anilines is 1. The average Bonchev–Trinajstić information content (AvgIpc) is 2.60. The maximum absolute atomic E-state index is 13.2. The summed E-state index contributed by atoms with van der Waals surface area (Å²) in [7, 11) is 0. The minimum absolute atomic E-state index is 0.434. The molecule has 34 heavy (non-hydrogen) atoms. The molecule has 194 valence electrons. The van der Waals surface area contributed by atoms with Crippen LogP contribution in [0.15, 0.2) is 18.2 Å². The highest BCUT2D eigenvalue weighted by atomic mass is 19.4. The van der Waals surface area contributed by atoms with Gasteiger partial charge in [-0.15, -0.1) is 0 Å². The minimum Gasteiger partial charge on any atom is -0.481 e. The van der Waals surface area contributed by atoms with Crippen LogP contribution in [0.1, 0.15) is 24.0 Å². The molecule has 0 fully saturated rings. The highest BCUT2D eigenvalue weighted by molar-refractivity contribution is 5.92. The van der Waals surface area contributed by atoms with Crippen molar-refractivity contribution < 1.29 is 77.6 Å². The fourth-order valence-electron chi connectivity index (χ4n) is 2.54. The molecular formula is C16H11F12NO5. The first-order valence-corrected chi connectivity index (χ1v) is 8.29. The molecule has 0 aliphatic carbocycles. The predicted octanol–water partition coefficient (Wildman–Crippen LogP) is 4.11. The van der Waals surface area contributed by atoms with Gasteiger partial charge in [0.15, 0.2) is 0 Å². The summed E-state index contributed by atoms with van der Waals surface area (Å²) in [6.45, 7) is 0. The number of hydrogen-bond acceptors (Lipinski definition) is 4. The van der Waals surface area contributed by atoms with Gasteiger partial charge in [-0.3, -0.25) is 9.59 Å². The maximum Gasteiger partial charge on any atom is 0.430 e. The first-order chi connectivity index (χ1) is 14.9. The third-order valence-electron chi connectivity index (χ3n) is 4.26. The van der Waals surface area contributed by atoms with E-state index in [2.05, 4.69) is 0 Å². The number of carboxylic acids is 1. The Morgan fingerprint density at radius 3 is 1.24 bits per heavy atom. The summed E-state index contributed by atoms with van der Waals surface area (Å²) >= 11 is 0. The van der Waals surface area contributed by atoms with Gasteiger partial charge in [0.05, 0.1) is 6.42 Å². The Morgan fingerprint density at radius 1 is 0.647 bits per heavy atom. The van der Waals surface area contributed by atoms with Gasteiger partial charge in [0, 0.05) is 23.2 Å². The van der Waals surface area contributed by atoms with Crippen molar-refractivity contribution in [2.45, 2.75) is 48.7 Å². The van der Waals surface area contributed by atoms with E-state index in [1.165, 1.54) is 5.32 Å². The van der Waals surface area contributed by atoms with E-state index in [0.29, 0.717) is 0 Å². The molecule has 4 N–H and O–H groups in total. The molecule has 0 aliphatic rings. The van der Waals surface area contributed by atoms with Crippen LogP contribution < -0.4 is 5.32 Å². The van der Waals surface area contributed by atoms with Crippen LogP contribution in [0.25, 0.3) is 0 Å². The lowest BCUT2D eigenvalue weighted by atomic mass is 9.85. The van der Waals surface area contributed by atoms with Crippen LogP contribution in [0.3, 0.4) is 0 Å². The number of nitrogens with one attached hydrogen (secondary N) is 1. The summed E-state index contributed by atoms with van der Waals surface area (Å²) in [4.78, 5) is 22.1. The van der Waals surface area contributed by atoms with E-state index in [4.69, 9.17) is 5.11 Å². The third-order valence-corrected chi connectivity index (χ3v) is 4.26. The molecule has 0 heterocycles. The number of aliphatic hydroxyl groups is 2. The molecule has 0 saturated heterocycles. The lowest BCUT2D eigenvalue weighted by molar-refractivity contribution is -0.378. The summed E-state index contributed by atoms with van der Waals surface area (Å²) < 4.78 is 158. The highest BCUT2D eigenvalue weighted by Crippen LogP contribution is 2.54. The van der Waals surface area contributed by atoms with Gasteiger partial charge >= 0.3 is 30.7 Å². The molecule has 0 bridgehead atoms. The molecule has 0 aliphatic heterocycles. The first kappa shape index (κ1) is 29.3. The summed E-state index contributed by atoms with van der Waals surface area (Å²) in [5, 5.41) is 28.6. The second-order valence-electron chi connectivity index (χ2n) is 6.65. The van der Waals surface area contributed by atoms with Crippen molar-refractivity contribution in [3.05, 3.63) is 29.3 Å². The van der Waals surface area contributed by atoms with Crippen molar-refractivity contribution in [1.29, 1.82) is 0 Å². The lowest BCUT2D eigenvalue weighted by Gasteiger charge is -2.36. The SMILES string of the molecule is O=C(O)CCC(=O)Nc1cc(C(O)(C(F)(F)F)C(F)(F)F)cc(C(O)(C(F)(F)F)C(F)(F)F)c1. The normalized spacial score (nSPS) is 14.2. The van der Waals surface area contributed by atoms with Gasteiger partial charge in [-0.2, -0.15) is 52.7 Å². The minimum atomic E-state index is -6.76. The van der Waals surface area contributed by atoms with Crippen molar-refractivity contribution in [3.63, 3.8) is 0 Å². The van der Waals surface area contributed by atoms with Gasteiger partial charge in [-0.1, -0.05) is 0 Å². The topological polar surface area (TPSA) is 107 Å². The van der Waals surface area contributed by atoms with E-state index in [-0.39, 0.29) is 0 Å². The summed E-state index contributed by atoms with van der Waals surface area (Å²) in [6, 6.07) is -1.89. The van der Waals surface area contributed by atoms with E-state index >= 15 is 0 Å². The number of carbonyl (C=O) groups excluding carboxylic acids is 1. The number of hydrogen-bond donors (Lipinski definition) is 4. The Bertz CT molecular complexity index is 848. The van der Waals surface area contributed by atoms with Gasteiger partial charge in [0.25, 0.3) is 11.2 Å². The largest absolute Gasteiger partial charge is 0.481 e. The molecule has 0 unspecified atom stereocenters. The molecule has 0 spiro atoms. The molecular weight excluding hydrogens is 514 g/mol. The lowest BCUT2D eigenvalue weighted by Crippen LogP contribution is -2.55. The molecule has 18 heteroatoms. The molecule has 1 amide bonds. The van der Waals surface area contributed by atoms with Crippen LogP contribution in [-0.4, -0.2) is 51.9 Å². The van der Waals surface area contributed by atoms with Crippen molar-refractivity contribution in [3.8, 4) is 0 Å². The quantitative estimate of drug-likeness (QED) is 0.419. The standard InChI is InChI=1S/C16H11F12NO5/c17-13(18,19)11(33,14(20,21)22)6-3-7(12(34,15(23,24)25)16(26,27)28)5-8(4-6)29-9(30)1-2-10(31)32/h3-5,33-34H,1-2H2,(H,29,30)(H,31,32). The van der Waals surface area contributed by atoms with Crippen LogP contribution in [-0.2, 0) is 20.8 Å². The first-order valence-electron chi connectivity index (χ1n) is 8.29. The summed E-state index contributed by atoms with van der Waals surface area (Å²) in [6.07, 6.45) is -29.1. The number of halogens is 12. The summed E-state index contributed by atoms with van der Waals surface area (Å²) in [5.41, 5.74) is -19.0. The van der Waals surface area contributed by atoms with E-state index < -0.39 is 95.6 Å². The predicted molar refractivity (Wildman–Crippen MR) is 84.0 cm³/mol. The van der Waals surface area contributed by atoms with Crippen LogP contribution in [0.4, 0.5) is 58.4 Å². The molecule has 0 atom stereocenters. The maximum atomic E-state index is 13.2. The van der Waals surface area contributed by atoms with Gasteiger partial charge in [-0.05, 0) is 18.2 Å². The average molecular weight is 525 g/mol. The molecule has 0 aromatic heterocycles. The Kier molecular flexibility index (Phi) is 7.57. The molecule has 1 aromatic carbocycles. The van der Waals surface area contributed by atoms with Crippen LogP contribution >= 0.6 is 0 Å². The number of benzene rings is 1. The number of aliphatic carboxylic acids is 1. The van der Waals surface area contributed by atoms with Crippen molar-refractivity contribution in [1.82, 2.24) is 0 Å². The Labute approximate surface area is 179 Å². The zero-order valence-corrected chi connectivity index (χ0v) is 15.8. The van der Waals surface area contributed by atoms with Gasteiger partial charge in [0.2, 0.25) is 5.91 Å². The Balaban J connectivity index is 3.98. The van der Waals surface area contributed by atoms with Gasteiger partial charge < -0.3 is 20.6 Å². The van der Waals surface area contributed by atoms with Crippen molar-refractivity contribution in [2.24, 2.45) is 0 Å². The highest BCUT2D eigenvalue weighted by Gasteiger charge is 2.74. The van der Waals surface area contributed by atoms with E-state index in [0.717, 1.165) is 0 Å². The molecule has 1 rings (SSSR count). The van der Waals surface area contributed by atoms with Crippen LogP contribution in [0.5, 0.6) is 0 Å². The molecule has 6 nitrogen and oxygen atoms in total. The Morgan fingerprint density at radius 2 is 0.971 bits per heavy atom. The number of amides is 1. The van der Waals surface area contributed by atoms with Crippen LogP contribution in [0, 0.1) is 0 Å². The summed E-state index contributed by atoms with van der Waals surface area (Å²) in [5.74, 6) is -3.20. The fraction of sp³-hybridized carbons (Fsp3) is 0.500. The van der Waals surface area contributed by atoms with E-state index in [1.54, 1.807) is 0 Å². The smallest absolute Gasteiger partial charge is 0.430 e. The van der Waals surface area contributed by atoms with Crippen molar-refractivity contribution >= 4 is 17.6 Å².